The van der Waals surface area contributed by atoms with Crippen LogP contribution < -0.4 is 5.43 Å². The molecule has 2 aliphatic heterocycles. The number of hydrazine groups is 1. The van der Waals surface area contributed by atoms with Crippen LogP contribution in [-0.2, 0) is 35.6 Å². The predicted octanol–water partition coefficient (Wildman–Crippen LogP) is 7.36. The number of likely N-dealkylation sites (tertiary alicyclic amines) is 1. The van der Waals surface area contributed by atoms with E-state index in [1.54, 1.807) is 50.2 Å². The molecule has 56 heavy (non-hydrogen) atoms. The first-order chi connectivity index (χ1) is 26.5. The number of unbranched alkanes of at least 4 members (excludes halogenated alkanes) is 2. The Morgan fingerprint density at radius 3 is 2.27 bits per heavy atom. The molecule has 16 heteroatoms. The highest BCUT2D eigenvalue weighted by atomic mass is 35.5. The first kappa shape index (κ1) is 39.3. The number of pyridine rings is 1. The fraction of sp³-hybridized carbons (Fsp3) is 0.400. The Labute approximate surface area is 329 Å². The van der Waals surface area contributed by atoms with Crippen molar-refractivity contribution in [1.29, 1.82) is 0 Å². The van der Waals surface area contributed by atoms with Crippen LogP contribution in [0.5, 0.6) is 5.75 Å². The standard InChI is InChI=1S/C40H37Cl2F3N4O7/c1-19-14-21(15-20(2)33(19)52)32-25-11-12-26-31(37(55)48(35(26)53)13-5-3-4-6-30(50)51)27(25)17-28-36(54)49(38(56)39(28,32)22-7-9-24(41)10-8-22)47-34-29(42)16-23(18-46-34)40(43,44)45/h7-11,14-16,18,26-28,31-32,52H,3-6,12-13,17H2,1-2H3,(H,46,47)(H,50,51)/t26-,27+,28-,31-,32-,39+/m0/s1. The van der Waals surface area contributed by atoms with Crippen LogP contribution in [0.2, 0.25) is 10.0 Å². The Kier molecular flexibility index (Phi) is 10.2. The number of carbonyl (C=O) groups is 5. The van der Waals surface area contributed by atoms with Crippen LogP contribution in [-0.4, -0.2) is 61.2 Å². The number of anilines is 1. The summed E-state index contributed by atoms with van der Waals surface area (Å²) in [4.78, 5) is 74.3. The number of carboxylic acid groups (broad SMARTS) is 1. The molecule has 6 atom stereocenters. The molecule has 3 heterocycles. The van der Waals surface area contributed by atoms with Gasteiger partial charge in [-0.05, 0) is 85.9 Å². The molecule has 0 bridgehead atoms. The van der Waals surface area contributed by atoms with E-state index in [2.05, 4.69) is 10.4 Å². The summed E-state index contributed by atoms with van der Waals surface area (Å²) in [5, 5.41) is 20.4. The first-order valence-corrected chi connectivity index (χ1v) is 18.9. The third-order valence-corrected chi connectivity index (χ3v) is 12.3. The molecular formula is C40H37Cl2F3N4O7. The molecule has 2 aliphatic carbocycles. The van der Waals surface area contributed by atoms with E-state index in [1.165, 1.54) is 4.90 Å². The van der Waals surface area contributed by atoms with Gasteiger partial charge >= 0.3 is 12.1 Å². The number of alkyl halides is 3. The number of rotatable bonds is 10. The molecule has 0 spiro atoms. The second-order valence-electron chi connectivity index (χ2n) is 15.0. The van der Waals surface area contributed by atoms with Gasteiger partial charge in [0.1, 0.15) is 5.75 Å². The SMILES string of the molecule is Cc1cc([C@H]2C3=CC[C@@H]4C(=O)N(CCCCCC(=O)O)C(=O)[C@@H]4[C@@H]3C[C@H]3C(=O)N(Nc4ncc(C(F)(F)F)cc4Cl)C(=O)[C@@]23c2ccc(Cl)cc2)cc(C)c1O. The van der Waals surface area contributed by atoms with Gasteiger partial charge in [0.15, 0.2) is 5.82 Å². The highest BCUT2D eigenvalue weighted by Gasteiger charge is 2.70. The van der Waals surface area contributed by atoms with Crippen LogP contribution in [0, 0.1) is 37.5 Å². The number of aromatic nitrogens is 1. The summed E-state index contributed by atoms with van der Waals surface area (Å²) in [6, 6.07) is 10.5. The van der Waals surface area contributed by atoms with E-state index in [4.69, 9.17) is 28.3 Å². The van der Waals surface area contributed by atoms with Crippen LogP contribution in [0.3, 0.4) is 0 Å². The highest BCUT2D eigenvalue weighted by molar-refractivity contribution is 6.33. The zero-order valence-corrected chi connectivity index (χ0v) is 31.7. The van der Waals surface area contributed by atoms with Gasteiger partial charge in [-0.2, -0.15) is 18.2 Å². The summed E-state index contributed by atoms with van der Waals surface area (Å²) in [6.45, 7) is 3.51. The normalized spacial score (nSPS) is 25.9. The van der Waals surface area contributed by atoms with Gasteiger partial charge in [0.2, 0.25) is 11.8 Å². The van der Waals surface area contributed by atoms with Crippen molar-refractivity contribution in [3.63, 3.8) is 0 Å². The molecule has 3 N–H and O–H groups in total. The van der Waals surface area contributed by atoms with E-state index in [9.17, 15) is 37.5 Å². The van der Waals surface area contributed by atoms with Crippen LogP contribution >= 0.6 is 23.2 Å². The Morgan fingerprint density at radius 2 is 1.64 bits per heavy atom. The number of amides is 4. The van der Waals surface area contributed by atoms with Crippen molar-refractivity contribution in [3.05, 3.63) is 98.2 Å². The average molecular weight is 814 g/mol. The molecule has 1 aromatic heterocycles. The monoisotopic (exact) mass is 812 g/mol. The number of aryl methyl sites for hydroxylation is 2. The lowest BCUT2D eigenvalue weighted by Crippen LogP contribution is -2.53. The third kappa shape index (κ3) is 6.40. The number of phenols is 1. The summed E-state index contributed by atoms with van der Waals surface area (Å²) in [6.07, 6.45) is -0.927. The van der Waals surface area contributed by atoms with Gasteiger partial charge in [-0.1, -0.05) is 65.5 Å². The quantitative estimate of drug-likeness (QED) is 0.108. The molecule has 4 amide bonds. The maximum Gasteiger partial charge on any atom is 0.417 e. The number of allylic oxidation sites excluding steroid dienone is 2. The van der Waals surface area contributed by atoms with Gasteiger partial charge < -0.3 is 10.2 Å². The highest BCUT2D eigenvalue weighted by Crippen LogP contribution is 2.64. The minimum absolute atomic E-state index is 0.0311. The number of benzene rings is 2. The molecule has 7 rings (SSSR count). The van der Waals surface area contributed by atoms with Crippen molar-refractivity contribution in [3.8, 4) is 5.75 Å². The molecule has 0 unspecified atom stereocenters. The summed E-state index contributed by atoms with van der Waals surface area (Å²) >= 11 is 12.6. The molecule has 2 saturated heterocycles. The van der Waals surface area contributed by atoms with Gasteiger partial charge in [0, 0.05) is 30.1 Å². The van der Waals surface area contributed by atoms with E-state index >= 15 is 4.79 Å². The van der Waals surface area contributed by atoms with Crippen LogP contribution in [0.15, 0.2) is 60.3 Å². The summed E-state index contributed by atoms with van der Waals surface area (Å²) in [5.74, 6) is -7.89. The van der Waals surface area contributed by atoms with E-state index in [-0.39, 0.29) is 43.3 Å². The lowest BCUT2D eigenvalue weighted by molar-refractivity contribution is -0.141. The van der Waals surface area contributed by atoms with Gasteiger partial charge in [-0.3, -0.25) is 34.3 Å². The summed E-state index contributed by atoms with van der Waals surface area (Å²) < 4.78 is 40.4. The van der Waals surface area contributed by atoms with E-state index in [1.807, 2.05) is 6.08 Å². The molecule has 294 valence electrons. The number of hydrogen-bond donors (Lipinski definition) is 3. The van der Waals surface area contributed by atoms with Gasteiger partial charge in [0.25, 0.3) is 11.8 Å². The summed E-state index contributed by atoms with van der Waals surface area (Å²) in [7, 11) is 0. The van der Waals surface area contributed by atoms with Crippen molar-refractivity contribution in [2.75, 3.05) is 12.0 Å². The maximum atomic E-state index is 15.3. The van der Waals surface area contributed by atoms with Gasteiger partial charge in [-0.25, -0.2) is 4.98 Å². The van der Waals surface area contributed by atoms with Gasteiger partial charge in [-0.15, -0.1) is 0 Å². The van der Waals surface area contributed by atoms with Crippen LogP contribution in [0.4, 0.5) is 19.0 Å². The first-order valence-electron chi connectivity index (χ1n) is 18.2. The van der Waals surface area contributed by atoms with Crippen LogP contribution in [0.1, 0.15) is 72.3 Å². The number of fused-ring (bicyclic) bond motifs is 4. The minimum atomic E-state index is -4.76. The van der Waals surface area contributed by atoms with Crippen molar-refractivity contribution >= 4 is 58.6 Å². The lowest BCUT2D eigenvalue weighted by atomic mass is 9.49. The molecule has 2 aromatic carbocycles. The number of aromatic hydroxyl groups is 1. The Morgan fingerprint density at radius 1 is 0.964 bits per heavy atom. The fourth-order valence-corrected chi connectivity index (χ4v) is 9.66. The van der Waals surface area contributed by atoms with Crippen LogP contribution in [0.25, 0.3) is 0 Å². The van der Waals surface area contributed by atoms with E-state index < -0.39 is 75.5 Å². The van der Waals surface area contributed by atoms with E-state index in [0.717, 1.165) is 5.01 Å². The largest absolute Gasteiger partial charge is 0.507 e. The van der Waals surface area contributed by atoms with Crippen molar-refractivity contribution in [1.82, 2.24) is 14.9 Å². The number of carbonyl (C=O) groups excluding carboxylic acids is 4. The maximum absolute atomic E-state index is 15.3. The number of aliphatic carboxylic acids is 1. The number of carboxylic acids is 1. The topological polar surface area (TPSA) is 157 Å². The molecule has 4 aliphatic rings. The number of hydrogen-bond acceptors (Lipinski definition) is 8. The second kappa shape index (κ2) is 14.5. The zero-order chi connectivity index (χ0) is 40.4. The minimum Gasteiger partial charge on any atom is -0.507 e. The van der Waals surface area contributed by atoms with Crippen molar-refractivity contribution in [2.24, 2.45) is 23.7 Å². The predicted molar refractivity (Wildman–Crippen MR) is 197 cm³/mol. The molecule has 11 nitrogen and oxygen atoms in total. The number of phenolic OH excluding ortho intramolecular Hbond substituents is 1. The van der Waals surface area contributed by atoms with Crippen molar-refractivity contribution in [2.45, 2.75) is 69.9 Å². The third-order valence-electron chi connectivity index (χ3n) is 11.8. The Hall–Kier alpha value is -4.95. The Balaban J connectivity index is 1.36. The van der Waals surface area contributed by atoms with E-state index in [0.29, 0.717) is 64.4 Å². The molecule has 3 aromatic rings. The number of halogens is 5. The molecule has 1 saturated carbocycles. The van der Waals surface area contributed by atoms with Crippen molar-refractivity contribution < 1.29 is 47.4 Å². The summed E-state index contributed by atoms with van der Waals surface area (Å²) in [5.41, 5.74) is 2.40. The fourth-order valence-electron chi connectivity index (χ4n) is 9.32. The zero-order valence-electron chi connectivity index (χ0n) is 30.2. The number of nitrogens with zero attached hydrogens (tertiary/aromatic N) is 3. The number of nitrogens with one attached hydrogen (secondary N) is 1. The smallest absolute Gasteiger partial charge is 0.417 e. The molecule has 3 fully saturated rings. The lowest BCUT2D eigenvalue weighted by Gasteiger charge is -2.50. The average Bonchev–Trinajstić information content (AvgIpc) is 3.51. The number of imide groups is 2. The van der Waals surface area contributed by atoms with Gasteiger partial charge in [0.05, 0.1) is 33.8 Å². The molecule has 0 radical (unpaired) electrons. The second-order valence-corrected chi connectivity index (χ2v) is 15.8. The molecular weight excluding hydrogens is 776 g/mol. The Bertz CT molecular complexity index is 2170.